The number of aldehydes is 1. The number of rotatable bonds is 3. The number of cyclic esters (lactones) is 1. The second kappa shape index (κ2) is 4.04. The molecular formula is C9H12O3. The number of allylic oxidation sites excluding steroid dienone is 1. The fourth-order valence-corrected chi connectivity index (χ4v) is 1.39. The Hall–Kier alpha value is -1.12. The molecule has 2 atom stereocenters. The first-order valence-electron chi connectivity index (χ1n) is 4.02. The molecule has 0 unspecified atom stereocenters. The van der Waals surface area contributed by atoms with Gasteiger partial charge < -0.3 is 9.53 Å². The van der Waals surface area contributed by atoms with E-state index in [1.807, 2.05) is 0 Å². The van der Waals surface area contributed by atoms with Gasteiger partial charge in [0, 0.05) is 5.92 Å². The largest absolute Gasteiger partial charge is 0.465 e. The standard InChI is InChI=1S/C9H12O3/c1-2-3-8-7(6-10)4-5-12-9(8)11/h2,6-8H,1,3-5H2/t7-,8-/m0/s1. The van der Waals surface area contributed by atoms with Crippen molar-refractivity contribution < 1.29 is 14.3 Å². The number of ether oxygens (including phenoxy) is 1. The van der Waals surface area contributed by atoms with Crippen molar-refractivity contribution in [2.24, 2.45) is 11.8 Å². The Labute approximate surface area is 71.4 Å². The van der Waals surface area contributed by atoms with Crippen LogP contribution in [0.3, 0.4) is 0 Å². The van der Waals surface area contributed by atoms with Gasteiger partial charge in [0.25, 0.3) is 0 Å². The maximum absolute atomic E-state index is 11.1. The van der Waals surface area contributed by atoms with E-state index in [4.69, 9.17) is 4.74 Å². The third-order valence-corrected chi connectivity index (χ3v) is 2.11. The number of hydrogen-bond donors (Lipinski definition) is 0. The summed E-state index contributed by atoms with van der Waals surface area (Å²) in [7, 11) is 0. The Bertz CT molecular complexity index is 198. The highest BCUT2D eigenvalue weighted by molar-refractivity contribution is 5.77. The first kappa shape index (κ1) is 8.97. The third-order valence-electron chi connectivity index (χ3n) is 2.11. The summed E-state index contributed by atoms with van der Waals surface area (Å²) in [6.45, 7) is 3.91. The molecule has 0 aromatic rings. The normalized spacial score (nSPS) is 29.2. The van der Waals surface area contributed by atoms with Crippen molar-refractivity contribution in [2.45, 2.75) is 12.8 Å². The molecule has 1 aliphatic rings. The van der Waals surface area contributed by atoms with Gasteiger partial charge in [-0.3, -0.25) is 4.79 Å². The Morgan fingerprint density at radius 1 is 1.67 bits per heavy atom. The molecule has 0 amide bonds. The fraction of sp³-hybridized carbons (Fsp3) is 0.556. The lowest BCUT2D eigenvalue weighted by molar-refractivity contribution is -0.157. The first-order valence-corrected chi connectivity index (χ1v) is 4.02. The van der Waals surface area contributed by atoms with Gasteiger partial charge in [-0.05, 0) is 12.8 Å². The summed E-state index contributed by atoms with van der Waals surface area (Å²) in [6.07, 6.45) is 3.67. The summed E-state index contributed by atoms with van der Waals surface area (Å²) >= 11 is 0. The zero-order valence-electron chi connectivity index (χ0n) is 6.86. The molecule has 66 valence electrons. The van der Waals surface area contributed by atoms with Gasteiger partial charge in [-0.2, -0.15) is 0 Å². The molecule has 0 saturated carbocycles. The van der Waals surface area contributed by atoms with Gasteiger partial charge in [-0.25, -0.2) is 0 Å². The minimum Gasteiger partial charge on any atom is -0.465 e. The minimum atomic E-state index is -0.297. The van der Waals surface area contributed by atoms with Crippen molar-refractivity contribution in [3.63, 3.8) is 0 Å². The average Bonchev–Trinajstić information content (AvgIpc) is 2.09. The Kier molecular flexibility index (Phi) is 3.02. The average molecular weight is 168 g/mol. The van der Waals surface area contributed by atoms with E-state index in [1.165, 1.54) is 0 Å². The fourth-order valence-electron chi connectivity index (χ4n) is 1.39. The zero-order valence-corrected chi connectivity index (χ0v) is 6.86. The van der Waals surface area contributed by atoms with Crippen LogP contribution in [0.4, 0.5) is 0 Å². The van der Waals surface area contributed by atoms with Gasteiger partial charge >= 0.3 is 5.97 Å². The smallest absolute Gasteiger partial charge is 0.309 e. The van der Waals surface area contributed by atoms with Crippen LogP contribution in [0.1, 0.15) is 12.8 Å². The van der Waals surface area contributed by atoms with Gasteiger partial charge in [0.1, 0.15) is 6.29 Å². The number of carbonyl (C=O) groups excluding carboxylic acids is 2. The third kappa shape index (κ3) is 1.72. The summed E-state index contributed by atoms with van der Waals surface area (Å²) in [6, 6.07) is 0. The first-order chi connectivity index (χ1) is 5.79. The molecule has 1 aliphatic heterocycles. The van der Waals surface area contributed by atoms with Crippen molar-refractivity contribution in [1.82, 2.24) is 0 Å². The number of esters is 1. The van der Waals surface area contributed by atoms with Crippen molar-refractivity contribution in [3.05, 3.63) is 12.7 Å². The Morgan fingerprint density at radius 3 is 3.00 bits per heavy atom. The monoisotopic (exact) mass is 168 g/mol. The van der Waals surface area contributed by atoms with Crippen molar-refractivity contribution in [1.29, 1.82) is 0 Å². The summed E-state index contributed by atoms with van der Waals surface area (Å²) in [5.41, 5.74) is 0. The highest BCUT2D eigenvalue weighted by atomic mass is 16.5. The van der Waals surface area contributed by atoms with E-state index in [-0.39, 0.29) is 17.8 Å². The topological polar surface area (TPSA) is 43.4 Å². The van der Waals surface area contributed by atoms with Crippen molar-refractivity contribution >= 4 is 12.3 Å². The Morgan fingerprint density at radius 2 is 2.42 bits per heavy atom. The molecule has 0 aromatic heterocycles. The molecule has 0 bridgehead atoms. The van der Waals surface area contributed by atoms with Crippen molar-refractivity contribution in [2.75, 3.05) is 6.61 Å². The van der Waals surface area contributed by atoms with Crippen molar-refractivity contribution in [3.8, 4) is 0 Å². The molecular weight excluding hydrogens is 156 g/mol. The lowest BCUT2D eigenvalue weighted by atomic mass is 9.87. The Balaban J connectivity index is 2.64. The quantitative estimate of drug-likeness (QED) is 0.358. The van der Waals surface area contributed by atoms with Gasteiger partial charge in [-0.1, -0.05) is 6.08 Å². The molecule has 3 heteroatoms. The predicted molar refractivity (Wildman–Crippen MR) is 43.4 cm³/mol. The van der Waals surface area contributed by atoms with Crippen LogP contribution < -0.4 is 0 Å². The van der Waals surface area contributed by atoms with E-state index in [9.17, 15) is 9.59 Å². The van der Waals surface area contributed by atoms with Crippen LogP contribution in [-0.2, 0) is 14.3 Å². The maximum atomic E-state index is 11.1. The molecule has 12 heavy (non-hydrogen) atoms. The zero-order chi connectivity index (χ0) is 8.97. The van der Waals surface area contributed by atoms with Crippen LogP contribution in [0.15, 0.2) is 12.7 Å². The molecule has 1 rings (SSSR count). The lowest BCUT2D eigenvalue weighted by Crippen LogP contribution is -2.32. The van der Waals surface area contributed by atoms with Crippen LogP contribution in [0.25, 0.3) is 0 Å². The molecule has 1 saturated heterocycles. The molecule has 1 heterocycles. The molecule has 0 aromatic carbocycles. The highest BCUT2D eigenvalue weighted by Gasteiger charge is 2.32. The predicted octanol–water partition coefficient (Wildman–Crippen LogP) is 0.941. The van der Waals surface area contributed by atoms with Gasteiger partial charge in [0.05, 0.1) is 12.5 Å². The van der Waals surface area contributed by atoms with Crippen LogP contribution in [0.2, 0.25) is 0 Å². The molecule has 3 nitrogen and oxygen atoms in total. The van der Waals surface area contributed by atoms with E-state index in [2.05, 4.69) is 6.58 Å². The van der Waals surface area contributed by atoms with Crippen LogP contribution in [0.5, 0.6) is 0 Å². The lowest BCUT2D eigenvalue weighted by Gasteiger charge is -2.25. The van der Waals surface area contributed by atoms with Gasteiger partial charge in [-0.15, -0.1) is 6.58 Å². The molecule has 0 radical (unpaired) electrons. The molecule has 0 spiro atoms. The number of carbonyl (C=O) groups is 2. The number of hydrogen-bond acceptors (Lipinski definition) is 3. The summed E-state index contributed by atoms with van der Waals surface area (Å²) < 4.78 is 4.83. The SMILES string of the molecule is C=CC[C@@H]1C(=O)OCC[C@H]1C=O. The molecule has 0 N–H and O–H groups in total. The van der Waals surface area contributed by atoms with E-state index < -0.39 is 0 Å². The summed E-state index contributed by atoms with van der Waals surface area (Å²) in [5, 5.41) is 0. The maximum Gasteiger partial charge on any atom is 0.309 e. The second-order valence-electron chi connectivity index (χ2n) is 2.89. The van der Waals surface area contributed by atoms with Crippen LogP contribution in [0, 0.1) is 11.8 Å². The molecule has 1 fully saturated rings. The van der Waals surface area contributed by atoms with Gasteiger partial charge in [0.2, 0.25) is 0 Å². The molecule has 0 aliphatic carbocycles. The second-order valence-corrected chi connectivity index (χ2v) is 2.89. The van der Waals surface area contributed by atoms with E-state index in [1.54, 1.807) is 6.08 Å². The summed E-state index contributed by atoms with van der Waals surface area (Å²) in [5.74, 6) is -0.740. The van der Waals surface area contributed by atoms with Crippen LogP contribution >= 0.6 is 0 Å². The van der Waals surface area contributed by atoms with E-state index in [0.717, 1.165) is 6.29 Å². The van der Waals surface area contributed by atoms with E-state index in [0.29, 0.717) is 19.4 Å². The summed E-state index contributed by atoms with van der Waals surface area (Å²) in [4.78, 5) is 21.7. The van der Waals surface area contributed by atoms with Gasteiger partial charge in [0.15, 0.2) is 0 Å². The van der Waals surface area contributed by atoms with Crippen LogP contribution in [-0.4, -0.2) is 18.9 Å². The van der Waals surface area contributed by atoms with E-state index >= 15 is 0 Å². The highest BCUT2D eigenvalue weighted by Crippen LogP contribution is 2.24. The minimum absolute atomic E-state index is 0.177.